The van der Waals surface area contributed by atoms with Gasteiger partial charge < -0.3 is 15.0 Å². The molecule has 3 nitrogen and oxygen atoms in total. The van der Waals surface area contributed by atoms with E-state index in [1.54, 1.807) is 7.11 Å². The van der Waals surface area contributed by atoms with E-state index in [4.69, 9.17) is 4.74 Å². The Kier molecular flexibility index (Phi) is 3.57. The number of hydrogen-bond donors (Lipinski definition) is 1. The molecule has 0 radical (unpaired) electrons. The number of benzene rings is 2. The maximum atomic E-state index is 5.28. The monoisotopic (exact) mass is 280 g/mol. The largest absolute Gasteiger partial charge is 0.497 e. The third-order valence-corrected chi connectivity index (χ3v) is 3.74. The van der Waals surface area contributed by atoms with Crippen molar-refractivity contribution in [1.82, 2.24) is 0 Å². The summed E-state index contributed by atoms with van der Waals surface area (Å²) >= 11 is 0. The third kappa shape index (κ3) is 2.87. The molecule has 0 unspecified atom stereocenters. The molecule has 3 rings (SSSR count). The molecule has 0 saturated carbocycles. The van der Waals surface area contributed by atoms with Crippen molar-refractivity contribution in [3.05, 3.63) is 59.3 Å². The van der Waals surface area contributed by atoms with Gasteiger partial charge in [0, 0.05) is 37.6 Å². The molecule has 0 bridgehead atoms. The van der Waals surface area contributed by atoms with Gasteiger partial charge in [-0.3, -0.25) is 0 Å². The number of anilines is 2. The van der Waals surface area contributed by atoms with Crippen LogP contribution in [0.1, 0.15) is 11.1 Å². The van der Waals surface area contributed by atoms with E-state index in [0.717, 1.165) is 12.2 Å². The predicted octanol–water partition coefficient (Wildman–Crippen LogP) is 3.77. The molecule has 1 aliphatic heterocycles. The number of nitrogens with one attached hydrogen (secondary N) is 1. The van der Waals surface area contributed by atoms with Crippen molar-refractivity contribution in [1.29, 1.82) is 0 Å². The fourth-order valence-electron chi connectivity index (χ4n) is 2.54. The van der Waals surface area contributed by atoms with Gasteiger partial charge in [-0.25, -0.2) is 0 Å². The van der Waals surface area contributed by atoms with Crippen LogP contribution in [0.5, 0.6) is 5.75 Å². The van der Waals surface area contributed by atoms with Gasteiger partial charge in [-0.2, -0.15) is 0 Å². The van der Waals surface area contributed by atoms with Gasteiger partial charge in [0.25, 0.3) is 0 Å². The van der Waals surface area contributed by atoms with Crippen molar-refractivity contribution in [3.8, 4) is 5.75 Å². The Bertz CT molecular complexity index is 672. The zero-order chi connectivity index (χ0) is 14.8. The summed E-state index contributed by atoms with van der Waals surface area (Å²) in [6.07, 6.45) is 3.12. The first-order valence-corrected chi connectivity index (χ1v) is 7.07. The average molecular weight is 280 g/mol. The van der Waals surface area contributed by atoms with Gasteiger partial charge in [-0.05, 0) is 47.5 Å². The van der Waals surface area contributed by atoms with Crippen LogP contribution < -0.4 is 15.0 Å². The van der Waals surface area contributed by atoms with Crippen molar-refractivity contribution < 1.29 is 4.74 Å². The molecule has 108 valence electrons. The minimum Gasteiger partial charge on any atom is -0.497 e. The lowest BCUT2D eigenvalue weighted by molar-refractivity contribution is 0.414. The van der Waals surface area contributed by atoms with Crippen molar-refractivity contribution in [2.75, 3.05) is 31.4 Å². The Morgan fingerprint density at radius 1 is 1.10 bits per heavy atom. The van der Waals surface area contributed by atoms with E-state index >= 15 is 0 Å². The quantitative estimate of drug-likeness (QED) is 0.926. The van der Waals surface area contributed by atoms with E-state index in [2.05, 4.69) is 66.8 Å². The molecule has 2 aromatic carbocycles. The zero-order valence-electron chi connectivity index (χ0n) is 12.7. The minimum atomic E-state index is 0.909. The Morgan fingerprint density at radius 2 is 1.86 bits per heavy atom. The second kappa shape index (κ2) is 5.52. The molecular weight excluding hydrogens is 260 g/mol. The van der Waals surface area contributed by atoms with Crippen LogP contribution in [-0.2, 0) is 6.42 Å². The Hall–Kier alpha value is -2.42. The summed E-state index contributed by atoms with van der Waals surface area (Å²) in [6.45, 7) is 0. The highest BCUT2D eigenvalue weighted by Crippen LogP contribution is 2.32. The molecule has 21 heavy (non-hydrogen) atoms. The number of methoxy groups -OCH3 is 1. The fourth-order valence-corrected chi connectivity index (χ4v) is 2.54. The van der Waals surface area contributed by atoms with Gasteiger partial charge in [0.05, 0.1) is 7.11 Å². The SMILES string of the molecule is COc1ccc2c(c1)C/C(=C\c1ccc(N(C)C)cc1)N2. The van der Waals surface area contributed by atoms with Gasteiger partial charge in [-0.1, -0.05) is 12.1 Å². The molecule has 2 aromatic rings. The van der Waals surface area contributed by atoms with E-state index < -0.39 is 0 Å². The number of fused-ring (bicyclic) bond motifs is 1. The smallest absolute Gasteiger partial charge is 0.119 e. The summed E-state index contributed by atoms with van der Waals surface area (Å²) in [7, 11) is 5.80. The Morgan fingerprint density at radius 3 is 2.52 bits per heavy atom. The average Bonchev–Trinajstić information content (AvgIpc) is 2.88. The second-order valence-electron chi connectivity index (χ2n) is 5.48. The molecule has 1 aliphatic rings. The highest BCUT2D eigenvalue weighted by atomic mass is 16.5. The molecule has 0 fully saturated rings. The van der Waals surface area contributed by atoms with E-state index in [-0.39, 0.29) is 0 Å². The lowest BCUT2D eigenvalue weighted by atomic mass is 10.1. The molecule has 1 N–H and O–H groups in total. The lowest BCUT2D eigenvalue weighted by Crippen LogP contribution is -2.07. The van der Waals surface area contributed by atoms with Gasteiger partial charge in [0.2, 0.25) is 0 Å². The van der Waals surface area contributed by atoms with Crippen LogP contribution >= 0.6 is 0 Å². The first kappa shape index (κ1) is 13.6. The van der Waals surface area contributed by atoms with Crippen LogP contribution in [0.4, 0.5) is 11.4 Å². The summed E-state index contributed by atoms with van der Waals surface area (Å²) in [4.78, 5) is 2.10. The van der Waals surface area contributed by atoms with Gasteiger partial charge >= 0.3 is 0 Å². The molecular formula is C18H20N2O. The second-order valence-corrected chi connectivity index (χ2v) is 5.48. The maximum Gasteiger partial charge on any atom is 0.119 e. The standard InChI is InChI=1S/C18H20N2O/c1-20(2)16-6-4-13(5-7-16)10-15-11-14-12-17(21-3)8-9-18(14)19-15/h4-10,12,19H,11H2,1-3H3/b15-10+. The Balaban J connectivity index is 1.79. The van der Waals surface area contributed by atoms with E-state index in [1.807, 2.05) is 6.07 Å². The molecule has 1 heterocycles. The molecule has 0 amide bonds. The number of ether oxygens (including phenoxy) is 1. The summed E-state index contributed by atoms with van der Waals surface area (Å²) in [5.74, 6) is 0.909. The highest BCUT2D eigenvalue weighted by Gasteiger charge is 2.15. The van der Waals surface area contributed by atoms with Crippen molar-refractivity contribution in [2.24, 2.45) is 0 Å². The number of hydrogen-bond acceptors (Lipinski definition) is 3. The predicted molar refractivity (Wildman–Crippen MR) is 89.1 cm³/mol. The molecule has 3 heteroatoms. The number of rotatable bonds is 3. The summed E-state index contributed by atoms with van der Waals surface area (Å²) in [5, 5.41) is 3.47. The first-order chi connectivity index (χ1) is 10.2. The van der Waals surface area contributed by atoms with Gasteiger partial charge in [0.1, 0.15) is 5.75 Å². The minimum absolute atomic E-state index is 0.909. The van der Waals surface area contributed by atoms with Crippen LogP contribution in [0, 0.1) is 0 Å². The van der Waals surface area contributed by atoms with E-state index in [1.165, 1.54) is 28.2 Å². The molecule has 0 aromatic heterocycles. The van der Waals surface area contributed by atoms with Crippen LogP contribution in [0.3, 0.4) is 0 Å². The van der Waals surface area contributed by atoms with Crippen LogP contribution in [-0.4, -0.2) is 21.2 Å². The lowest BCUT2D eigenvalue weighted by Gasteiger charge is -2.12. The maximum absolute atomic E-state index is 5.28. The fraction of sp³-hybridized carbons (Fsp3) is 0.222. The van der Waals surface area contributed by atoms with Crippen molar-refractivity contribution in [2.45, 2.75) is 6.42 Å². The zero-order valence-corrected chi connectivity index (χ0v) is 12.7. The Labute approximate surface area is 125 Å². The summed E-state index contributed by atoms with van der Waals surface area (Å²) in [6, 6.07) is 14.7. The molecule has 0 spiro atoms. The van der Waals surface area contributed by atoms with Crippen molar-refractivity contribution >= 4 is 17.5 Å². The van der Waals surface area contributed by atoms with Gasteiger partial charge in [-0.15, -0.1) is 0 Å². The van der Waals surface area contributed by atoms with Crippen LogP contribution in [0.25, 0.3) is 6.08 Å². The van der Waals surface area contributed by atoms with Gasteiger partial charge in [0.15, 0.2) is 0 Å². The normalized spacial score (nSPS) is 14.7. The molecule has 0 aliphatic carbocycles. The molecule has 0 saturated heterocycles. The van der Waals surface area contributed by atoms with Crippen molar-refractivity contribution in [3.63, 3.8) is 0 Å². The first-order valence-electron chi connectivity index (χ1n) is 7.07. The number of allylic oxidation sites excluding steroid dienone is 1. The highest BCUT2D eigenvalue weighted by molar-refractivity contribution is 5.70. The van der Waals surface area contributed by atoms with E-state index in [0.29, 0.717) is 0 Å². The van der Waals surface area contributed by atoms with Crippen LogP contribution in [0.2, 0.25) is 0 Å². The molecule has 0 atom stereocenters. The van der Waals surface area contributed by atoms with E-state index in [9.17, 15) is 0 Å². The number of nitrogens with zero attached hydrogens (tertiary/aromatic N) is 1. The topological polar surface area (TPSA) is 24.5 Å². The third-order valence-electron chi connectivity index (χ3n) is 3.74. The van der Waals surface area contributed by atoms with Crippen LogP contribution in [0.15, 0.2) is 48.2 Å². The summed E-state index contributed by atoms with van der Waals surface area (Å²) in [5.41, 5.74) is 6.10. The summed E-state index contributed by atoms with van der Waals surface area (Å²) < 4.78 is 5.28.